The Balaban J connectivity index is 1.58. The van der Waals surface area contributed by atoms with Gasteiger partial charge in [-0.15, -0.1) is 11.3 Å². The molecule has 2 aromatic rings. The molecule has 0 bridgehead atoms. The fraction of sp³-hybridized carbons (Fsp3) is 0.483. The van der Waals surface area contributed by atoms with Crippen molar-refractivity contribution in [2.75, 3.05) is 19.7 Å². The van der Waals surface area contributed by atoms with Crippen LogP contribution in [0.5, 0.6) is 0 Å². The summed E-state index contributed by atoms with van der Waals surface area (Å²) in [7, 11) is 0. The Kier molecular flexibility index (Phi) is 8.30. The highest BCUT2D eigenvalue weighted by molar-refractivity contribution is 7.11. The first-order chi connectivity index (χ1) is 19.9. The van der Waals surface area contributed by atoms with Gasteiger partial charge in [0.25, 0.3) is 0 Å². The lowest BCUT2D eigenvalue weighted by Gasteiger charge is -2.40. The van der Waals surface area contributed by atoms with Gasteiger partial charge >= 0.3 is 12.0 Å². The summed E-state index contributed by atoms with van der Waals surface area (Å²) in [4.78, 5) is 52.4. The Labute approximate surface area is 252 Å². The van der Waals surface area contributed by atoms with E-state index in [1.165, 1.54) is 23.5 Å². The Hall–Kier alpha value is -3.51. The predicted octanol–water partition coefficient (Wildman–Crippen LogP) is 4.26. The zero-order valence-electron chi connectivity index (χ0n) is 23.9. The maximum absolute atomic E-state index is 14.6. The lowest BCUT2D eigenvalue weighted by atomic mass is 9.76. The Morgan fingerprint density at radius 2 is 2.07 bits per heavy atom. The number of nitrogens with one attached hydrogen (secondary N) is 1. The predicted molar refractivity (Wildman–Crippen MR) is 157 cm³/mol. The van der Waals surface area contributed by atoms with Gasteiger partial charge in [-0.05, 0) is 52.5 Å². The van der Waals surface area contributed by atoms with E-state index >= 15 is 0 Å². The molecule has 4 heterocycles. The molecule has 4 atom stereocenters. The van der Waals surface area contributed by atoms with Crippen molar-refractivity contribution in [2.24, 2.45) is 22.6 Å². The summed E-state index contributed by atoms with van der Waals surface area (Å²) in [6, 6.07) is 2.87. The molecule has 13 heteroatoms. The van der Waals surface area contributed by atoms with Gasteiger partial charge in [-0.3, -0.25) is 9.79 Å². The summed E-state index contributed by atoms with van der Waals surface area (Å²) in [6.45, 7) is 8.49. The van der Waals surface area contributed by atoms with E-state index in [1.54, 1.807) is 34.4 Å². The van der Waals surface area contributed by atoms with Gasteiger partial charge in [0, 0.05) is 41.5 Å². The average molecular weight is 617 g/mol. The van der Waals surface area contributed by atoms with Crippen LogP contribution in [0.1, 0.15) is 57.1 Å². The normalized spacial score (nSPS) is 24.3. The molecule has 0 radical (unpaired) electrons. The third-order valence-electron chi connectivity index (χ3n) is 8.05. The second kappa shape index (κ2) is 11.6. The molecule has 0 saturated carbocycles. The maximum Gasteiger partial charge on any atom is 0.338 e. The van der Waals surface area contributed by atoms with E-state index in [9.17, 15) is 18.8 Å². The van der Waals surface area contributed by atoms with E-state index in [1.807, 2.05) is 20.8 Å². The molecule has 2 fully saturated rings. The lowest BCUT2D eigenvalue weighted by Crippen LogP contribution is -2.53. The molecule has 2 saturated heterocycles. The van der Waals surface area contributed by atoms with Crippen molar-refractivity contribution in [3.8, 4) is 0 Å². The van der Waals surface area contributed by atoms with Crippen molar-refractivity contribution < 1.29 is 23.5 Å². The van der Waals surface area contributed by atoms with Crippen molar-refractivity contribution in [3.05, 3.63) is 62.5 Å². The standard InChI is InChI=1S/C29H34ClFN6O4S/c1-5-41-27(39)21-18(13-15-9-11-36-19(20(15)24(32)38)14-37(28(36)40)29(2,3)4)34-25(26-33-10-12-42-26)35-23(21)16-7-6-8-17(31)22(16)30/h6-8,10,12,15,19-20,23H,5,9,11,13-14H2,1-4H3,(H2,32,38)(H,34,35)/t15?,19-,20+,23+/m1/s1. The third-order valence-corrected chi connectivity index (χ3v) is 9.23. The van der Waals surface area contributed by atoms with E-state index in [4.69, 9.17) is 27.1 Å². The molecule has 1 aromatic heterocycles. The minimum Gasteiger partial charge on any atom is -0.463 e. The number of rotatable bonds is 7. The number of nitrogens with zero attached hydrogens (tertiary/aromatic N) is 4. The number of amides is 3. The van der Waals surface area contributed by atoms with E-state index in [0.29, 0.717) is 41.6 Å². The number of esters is 1. The van der Waals surface area contributed by atoms with Gasteiger partial charge < -0.3 is 25.6 Å². The number of halogens is 2. The van der Waals surface area contributed by atoms with Crippen molar-refractivity contribution >= 4 is 46.7 Å². The van der Waals surface area contributed by atoms with Gasteiger partial charge in [-0.2, -0.15) is 0 Å². The van der Waals surface area contributed by atoms with Crippen molar-refractivity contribution in [3.63, 3.8) is 0 Å². The number of aliphatic imine (C=N–C) groups is 1. The number of amidine groups is 1. The molecule has 0 spiro atoms. The molecule has 3 aliphatic rings. The Morgan fingerprint density at radius 3 is 2.71 bits per heavy atom. The van der Waals surface area contributed by atoms with Crippen LogP contribution in [0.25, 0.3) is 0 Å². The Morgan fingerprint density at radius 1 is 1.31 bits per heavy atom. The third kappa shape index (κ3) is 5.49. The highest BCUT2D eigenvalue weighted by Gasteiger charge is 2.52. The number of allylic oxidation sites excluding steroid dienone is 1. The number of nitrogens with two attached hydrogens (primary N) is 1. The minimum atomic E-state index is -0.987. The van der Waals surface area contributed by atoms with Gasteiger partial charge in [-0.1, -0.05) is 23.7 Å². The molecule has 1 unspecified atom stereocenters. The first-order valence-electron chi connectivity index (χ1n) is 13.9. The molecule has 1 aromatic carbocycles. The lowest BCUT2D eigenvalue weighted by molar-refractivity contribution is -0.139. The number of primary amides is 1. The van der Waals surface area contributed by atoms with Gasteiger partial charge in [0.05, 0.1) is 29.2 Å². The first kappa shape index (κ1) is 30.0. The molecule has 0 aliphatic carbocycles. The molecule has 3 aliphatic heterocycles. The van der Waals surface area contributed by atoms with E-state index < -0.39 is 41.2 Å². The maximum atomic E-state index is 14.6. The molecular formula is C29H34ClFN6O4S. The number of urea groups is 1. The van der Waals surface area contributed by atoms with Crippen LogP contribution < -0.4 is 11.1 Å². The summed E-state index contributed by atoms with van der Waals surface area (Å²) < 4.78 is 20.1. The molecule has 10 nitrogen and oxygen atoms in total. The number of ether oxygens (including phenoxy) is 1. The summed E-state index contributed by atoms with van der Waals surface area (Å²) in [5.41, 5.74) is 6.53. The number of aromatic nitrogens is 1. The van der Waals surface area contributed by atoms with Gasteiger partial charge in [0.2, 0.25) is 5.91 Å². The number of benzene rings is 1. The molecular weight excluding hydrogens is 583 g/mol. The number of fused-ring (bicyclic) bond motifs is 1. The molecule has 5 rings (SSSR count). The number of hydrogen-bond acceptors (Lipinski definition) is 8. The van der Waals surface area contributed by atoms with Crippen LogP contribution in [-0.4, -0.2) is 69.8 Å². The fourth-order valence-electron chi connectivity index (χ4n) is 6.11. The van der Waals surface area contributed by atoms with Crippen LogP contribution >= 0.6 is 22.9 Å². The average Bonchev–Trinajstić information content (AvgIpc) is 3.58. The van der Waals surface area contributed by atoms with Gasteiger partial charge in [-0.25, -0.2) is 19.0 Å². The first-order valence-corrected chi connectivity index (χ1v) is 15.1. The highest BCUT2D eigenvalue weighted by Crippen LogP contribution is 2.43. The highest BCUT2D eigenvalue weighted by atomic mass is 35.5. The summed E-state index contributed by atoms with van der Waals surface area (Å²) in [6.07, 6.45) is 2.36. The molecule has 3 N–H and O–H groups in total. The van der Waals surface area contributed by atoms with Crippen LogP contribution in [0.3, 0.4) is 0 Å². The SMILES string of the molecule is CCOC(=O)C1=C(CC2CCN3C(=O)N(C(C)(C)C)C[C@@H]3[C@H]2C(N)=O)NC(c2nccs2)=N[C@H]1c1cccc(F)c1Cl. The zero-order valence-corrected chi connectivity index (χ0v) is 25.5. The summed E-state index contributed by atoms with van der Waals surface area (Å²) >= 11 is 7.77. The monoisotopic (exact) mass is 616 g/mol. The number of carbonyl (C=O) groups excluding carboxylic acids is 3. The smallest absolute Gasteiger partial charge is 0.338 e. The quantitative estimate of drug-likeness (QED) is 0.447. The van der Waals surface area contributed by atoms with Crippen molar-refractivity contribution in [2.45, 2.75) is 58.2 Å². The molecule has 224 valence electrons. The molecule has 3 amide bonds. The van der Waals surface area contributed by atoms with E-state index in [2.05, 4.69) is 10.3 Å². The topological polar surface area (TPSA) is 130 Å². The van der Waals surface area contributed by atoms with Crippen LogP contribution in [0.15, 0.2) is 46.0 Å². The number of hydrogen-bond donors (Lipinski definition) is 2. The van der Waals surface area contributed by atoms with Gasteiger partial charge in [0.1, 0.15) is 11.9 Å². The Bertz CT molecular complexity index is 1460. The number of piperidine rings is 1. The summed E-state index contributed by atoms with van der Waals surface area (Å²) in [5, 5.41) is 5.50. The second-order valence-corrected chi connectivity index (χ2v) is 12.9. The van der Waals surface area contributed by atoms with E-state index in [-0.39, 0.29) is 35.6 Å². The summed E-state index contributed by atoms with van der Waals surface area (Å²) in [5.74, 6) is -2.35. The molecule has 42 heavy (non-hydrogen) atoms. The van der Waals surface area contributed by atoms with E-state index in [0.717, 1.165) is 0 Å². The minimum absolute atomic E-state index is 0.109. The van der Waals surface area contributed by atoms with Crippen molar-refractivity contribution in [1.29, 1.82) is 0 Å². The number of carbonyl (C=O) groups is 3. The second-order valence-electron chi connectivity index (χ2n) is 11.6. The zero-order chi connectivity index (χ0) is 30.3. The van der Waals surface area contributed by atoms with Gasteiger partial charge in [0.15, 0.2) is 10.8 Å². The number of thiazole rings is 1. The van der Waals surface area contributed by atoms with Crippen LogP contribution in [0.2, 0.25) is 5.02 Å². The van der Waals surface area contributed by atoms with Crippen molar-refractivity contribution in [1.82, 2.24) is 20.1 Å². The largest absolute Gasteiger partial charge is 0.463 e. The van der Waals surface area contributed by atoms with Crippen LogP contribution in [-0.2, 0) is 14.3 Å². The van der Waals surface area contributed by atoms with Crippen LogP contribution in [0.4, 0.5) is 9.18 Å². The van der Waals surface area contributed by atoms with Crippen LogP contribution in [0, 0.1) is 17.7 Å². The fourth-order valence-corrected chi connectivity index (χ4v) is 6.93.